The summed E-state index contributed by atoms with van der Waals surface area (Å²) in [5.41, 5.74) is 4.43. The smallest absolute Gasteiger partial charge is 0.254 e. The minimum atomic E-state index is 0.0239. The van der Waals surface area contributed by atoms with E-state index in [4.69, 9.17) is 4.98 Å². The third-order valence-corrected chi connectivity index (χ3v) is 6.81. The topological polar surface area (TPSA) is 66.6 Å². The molecule has 1 aliphatic rings. The van der Waals surface area contributed by atoms with Gasteiger partial charge in [0.1, 0.15) is 0 Å². The lowest BCUT2D eigenvalue weighted by Crippen LogP contribution is -2.54. The van der Waals surface area contributed by atoms with Crippen LogP contribution >= 0.6 is 0 Å². The van der Waals surface area contributed by atoms with Crippen molar-refractivity contribution in [1.29, 1.82) is 0 Å². The number of fused-ring (bicyclic) bond motifs is 3. The number of nitrogens with zero attached hydrogens (tertiary/aromatic N) is 6. The molecule has 1 aliphatic heterocycles. The molecule has 0 spiro atoms. The minimum Gasteiger partial charge on any atom is -0.338 e. The maximum absolute atomic E-state index is 13.3. The molecule has 0 unspecified atom stereocenters. The van der Waals surface area contributed by atoms with Gasteiger partial charge in [-0.05, 0) is 37.6 Å². The lowest BCUT2D eigenvalue weighted by atomic mass is 10.1. The van der Waals surface area contributed by atoms with Gasteiger partial charge in [0.2, 0.25) is 5.95 Å². The Morgan fingerprint density at radius 1 is 0.886 bits per heavy atom. The van der Waals surface area contributed by atoms with Gasteiger partial charge in [0.25, 0.3) is 5.91 Å². The van der Waals surface area contributed by atoms with Gasteiger partial charge < -0.3 is 9.80 Å². The number of hydrogen-bond donors (Lipinski definition) is 0. The van der Waals surface area contributed by atoms with Crippen LogP contribution in [0.3, 0.4) is 0 Å². The highest BCUT2D eigenvalue weighted by Crippen LogP contribution is 2.29. The molecule has 7 heteroatoms. The summed E-state index contributed by atoms with van der Waals surface area (Å²) in [6, 6.07) is 25.9. The van der Waals surface area contributed by atoms with Crippen molar-refractivity contribution in [3.8, 4) is 11.4 Å². The molecule has 3 aromatic carbocycles. The zero-order valence-electron chi connectivity index (χ0n) is 19.8. The number of piperazine rings is 1. The molecule has 0 saturated carbocycles. The van der Waals surface area contributed by atoms with Crippen LogP contribution in [0.5, 0.6) is 0 Å². The zero-order valence-corrected chi connectivity index (χ0v) is 19.8. The Labute approximate surface area is 203 Å². The van der Waals surface area contributed by atoms with Crippen LogP contribution in [0.25, 0.3) is 27.9 Å². The van der Waals surface area contributed by atoms with E-state index in [2.05, 4.69) is 26.4 Å². The van der Waals surface area contributed by atoms with E-state index in [1.807, 2.05) is 90.7 Å². The van der Waals surface area contributed by atoms with Crippen LogP contribution in [0.2, 0.25) is 0 Å². The number of carbonyl (C=O) groups is 1. The molecule has 1 saturated heterocycles. The average molecular weight is 463 g/mol. The predicted octanol–water partition coefficient (Wildman–Crippen LogP) is 4.60. The lowest BCUT2D eigenvalue weighted by Gasteiger charge is -2.40. The molecule has 7 nitrogen and oxygen atoms in total. The quantitative estimate of drug-likeness (QED) is 0.392. The van der Waals surface area contributed by atoms with Gasteiger partial charge in [-0.2, -0.15) is 0 Å². The minimum absolute atomic E-state index is 0.0239. The van der Waals surface area contributed by atoms with Gasteiger partial charge >= 0.3 is 0 Å². The molecule has 174 valence electrons. The molecule has 1 amide bonds. The van der Waals surface area contributed by atoms with Crippen LogP contribution in [-0.2, 0) is 0 Å². The maximum Gasteiger partial charge on any atom is 0.254 e. The molecule has 0 radical (unpaired) electrons. The first kappa shape index (κ1) is 21.3. The summed E-state index contributed by atoms with van der Waals surface area (Å²) in [4.78, 5) is 22.6. The highest BCUT2D eigenvalue weighted by molar-refractivity contribution is 5.96. The number of aromatic nitrogens is 4. The van der Waals surface area contributed by atoms with Crippen molar-refractivity contribution >= 4 is 28.4 Å². The molecule has 0 N–H and O–H groups in total. The van der Waals surface area contributed by atoms with E-state index in [0.717, 1.165) is 45.0 Å². The average Bonchev–Trinajstić information content (AvgIpc) is 3.34. The molecular weight excluding hydrogens is 436 g/mol. The number of para-hydroxylation sites is 1. The Hall–Kier alpha value is -4.26. The summed E-state index contributed by atoms with van der Waals surface area (Å²) < 4.78 is 2.06. The fourth-order valence-electron chi connectivity index (χ4n) is 4.96. The molecule has 6 rings (SSSR count). The van der Waals surface area contributed by atoms with Crippen molar-refractivity contribution in [3.05, 3.63) is 90.0 Å². The second-order valence-electron chi connectivity index (χ2n) is 9.09. The van der Waals surface area contributed by atoms with Crippen LogP contribution < -0.4 is 4.90 Å². The van der Waals surface area contributed by atoms with Crippen molar-refractivity contribution < 1.29 is 4.79 Å². The predicted molar refractivity (Wildman–Crippen MR) is 138 cm³/mol. The molecule has 1 atom stereocenters. The van der Waals surface area contributed by atoms with Gasteiger partial charge in [-0.25, -0.2) is 9.38 Å². The Morgan fingerprint density at radius 3 is 2.43 bits per heavy atom. The summed E-state index contributed by atoms with van der Waals surface area (Å²) in [6.07, 6.45) is 0. The Balaban J connectivity index is 1.41. The monoisotopic (exact) mass is 462 g/mol. The zero-order chi connectivity index (χ0) is 23.9. The third kappa shape index (κ3) is 3.60. The molecule has 0 aliphatic carbocycles. The molecule has 1 fully saturated rings. The van der Waals surface area contributed by atoms with Crippen molar-refractivity contribution in [2.75, 3.05) is 24.5 Å². The molecule has 0 bridgehead atoms. The number of amides is 1. The summed E-state index contributed by atoms with van der Waals surface area (Å²) in [6.45, 7) is 6.05. The molecular formula is C28H26N6O. The number of hydrogen-bond acceptors (Lipinski definition) is 5. The highest BCUT2D eigenvalue weighted by Gasteiger charge is 2.31. The Kier molecular flexibility index (Phi) is 5.17. The van der Waals surface area contributed by atoms with E-state index in [0.29, 0.717) is 19.6 Å². The van der Waals surface area contributed by atoms with E-state index < -0.39 is 0 Å². The number of anilines is 1. The fourth-order valence-corrected chi connectivity index (χ4v) is 4.96. The van der Waals surface area contributed by atoms with Gasteiger partial charge in [0.15, 0.2) is 11.5 Å². The summed E-state index contributed by atoms with van der Waals surface area (Å²) in [5.74, 6) is 1.65. The summed E-state index contributed by atoms with van der Waals surface area (Å²) in [5, 5.41) is 10.1. The van der Waals surface area contributed by atoms with Crippen molar-refractivity contribution in [3.63, 3.8) is 0 Å². The normalized spacial score (nSPS) is 16.2. The first-order chi connectivity index (χ1) is 17.1. The van der Waals surface area contributed by atoms with E-state index in [9.17, 15) is 4.79 Å². The van der Waals surface area contributed by atoms with Crippen LogP contribution in [-0.4, -0.2) is 56.1 Å². The Bertz CT molecular complexity index is 1540. The van der Waals surface area contributed by atoms with Crippen LogP contribution in [0.1, 0.15) is 22.8 Å². The number of aryl methyl sites for hydroxylation is 1. The number of carbonyl (C=O) groups excluding carboxylic acids is 1. The first-order valence-corrected chi connectivity index (χ1v) is 11.9. The number of benzene rings is 3. The van der Waals surface area contributed by atoms with Gasteiger partial charge in [0, 0.05) is 42.2 Å². The van der Waals surface area contributed by atoms with E-state index in [1.54, 1.807) is 0 Å². The molecule has 35 heavy (non-hydrogen) atoms. The van der Waals surface area contributed by atoms with Gasteiger partial charge in [0.05, 0.1) is 5.52 Å². The van der Waals surface area contributed by atoms with Crippen molar-refractivity contribution in [1.82, 2.24) is 24.5 Å². The molecule has 2 aromatic heterocycles. The first-order valence-electron chi connectivity index (χ1n) is 11.9. The van der Waals surface area contributed by atoms with Gasteiger partial charge in [-0.15, -0.1) is 10.2 Å². The summed E-state index contributed by atoms with van der Waals surface area (Å²) in [7, 11) is 0. The second-order valence-corrected chi connectivity index (χ2v) is 9.09. The highest BCUT2D eigenvalue weighted by atomic mass is 16.2. The maximum atomic E-state index is 13.3. The van der Waals surface area contributed by atoms with E-state index in [-0.39, 0.29) is 11.9 Å². The standard InChI is InChI=1S/C28H26N6O/c1-19-10-6-7-13-22(19)27(35)33-17-16-32(18-20(33)2)28-29-24-15-9-8-14-23(24)26-31-30-25(34(26)28)21-11-4-3-5-12-21/h3-15,20H,16-18H2,1-2H3/t20-/m1/s1. The van der Waals surface area contributed by atoms with E-state index in [1.165, 1.54) is 0 Å². The van der Waals surface area contributed by atoms with Crippen LogP contribution in [0.4, 0.5) is 5.95 Å². The second kappa shape index (κ2) is 8.51. The summed E-state index contributed by atoms with van der Waals surface area (Å²) >= 11 is 0. The van der Waals surface area contributed by atoms with Crippen molar-refractivity contribution in [2.24, 2.45) is 0 Å². The number of rotatable bonds is 3. The van der Waals surface area contributed by atoms with Gasteiger partial charge in [-0.3, -0.25) is 4.79 Å². The largest absolute Gasteiger partial charge is 0.338 e. The SMILES string of the molecule is Cc1ccccc1C(=O)N1CCN(c2nc3ccccc3c3nnc(-c4ccccc4)n23)C[C@H]1C. The van der Waals surface area contributed by atoms with Crippen LogP contribution in [0, 0.1) is 6.92 Å². The fraction of sp³-hybridized carbons (Fsp3) is 0.214. The third-order valence-electron chi connectivity index (χ3n) is 6.81. The molecule has 3 heterocycles. The Morgan fingerprint density at radius 2 is 1.63 bits per heavy atom. The van der Waals surface area contributed by atoms with Crippen LogP contribution in [0.15, 0.2) is 78.9 Å². The molecule has 5 aromatic rings. The lowest BCUT2D eigenvalue weighted by molar-refractivity contribution is 0.0672. The van der Waals surface area contributed by atoms with Crippen molar-refractivity contribution in [2.45, 2.75) is 19.9 Å². The van der Waals surface area contributed by atoms with Gasteiger partial charge in [-0.1, -0.05) is 60.7 Å². The van der Waals surface area contributed by atoms with E-state index >= 15 is 0 Å².